The molecule has 0 aliphatic carbocycles. The van der Waals surface area contributed by atoms with Gasteiger partial charge in [0.25, 0.3) is 0 Å². The van der Waals surface area contributed by atoms with Crippen molar-refractivity contribution in [3.8, 4) is 11.4 Å². The molecule has 1 N–H and O–H groups in total. The Labute approximate surface area is 354 Å². The molecule has 0 bridgehead atoms. The molecule has 0 aliphatic rings. The topological polar surface area (TPSA) is 98.7 Å². The van der Waals surface area contributed by atoms with Gasteiger partial charge in [-0.25, -0.2) is 0 Å². The molecule has 0 fully saturated rings. The molecule has 0 unspecified atom stereocenters. The molecule has 6 aromatic carbocycles. The van der Waals surface area contributed by atoms with Crippen molar-refractivity contribution >= 4 is 49.4 Å². The number of ketones is 1. The molecule has 0 atom stereocenters. The van der Waals surface area contributed by atoms with Gasteiger partial charge in [-0.05, 0) is 59.3 Å². The first-order chi connectivity index (χ1) is 27.6. The summed E-state index contributed by atoms with van der Waals surface area (Å²) in [5, 5.41) is 30.5. The third-order valence-electron chi connectivity index (χ3n) is 9.15. The number of aliphatic hydroxyl groups excluding tert-OH is 1. The molecule has 2 aromatic heterocycles. The average molecular weight is 1000 g/mol. The number of carbonyl (C=O) groups excluding carboxylic acids is 1. The summed E-state index contributed by atoms with van der Waals surface area (Å²) < 4.78 is 76.8. The van der Waals surface area contributed by atoms with E-state index < -0.39 is 28.9 Å². The van der Waals surface area contributed by atoms with Crippen LogP contribution in [0.15, 0.2) is 133 Å². The van der Waals surface area contributed by atoms with Crippen LogP contribution in [0.4, 0.5) is 26.3 Å². The van der Waals surface area contributed by atoms with Crippen molar-refractivity contribution < 1.29 is 56.3 Å². The van der Waals surface area contributed by atoms with E-state index in [1.165, 1.54) is 27.8 Å². The van der Waals surface area contributed by atoms with Crippen molar-refractivity contribution in [3.63, 3.8) is 0 Å². The van der Waals surface area contributed by atoms with Crippen LogP contribution < -0.4 is 0 Å². The summed E-state index contributed by atoms with van der Waals surface area (Å²) in [5.74, 6) is 0.104. The number of hydrogen-bond donors (Lipinski definition) is 1. The zero-order chi connectivity index (χ0) is 42.9. The molecule has 0 spiro atoms. The van der Waals surface area contributed by atoms with E-state index in [2.05, 4.69) is 20.4 Å². The molecule has 8 aromatic rings. The van der Waals surface area contributed by atoms with Gasteiger partial charge in [0.15, 0.2) is 5.78 Å². The number of hydrogen-bond acceptors (Lipinski definition) is 6. The van der Waals surface area contributed by atoms with E-state index in [0.717, 1.165) is 57.2 Å². The summed E-state index contributed by atoms with van der Waals surface area (Å²) in [6.45, 7) is 11.1. The Morgan fingerprint density at radius 3 is 1.25 bits per heavy atom. The van der Waals surface area contributed by atoms with Gasteiger partial charge >= 0.3 is 12.4 Å². The molecule has 0 saturated heterocycles. The van der Waals surface area contributed by atoms with Crippen LogP contribution in [-0.4, -0.2) is 40.9 Å². The first-order valence-electron chi connectivity index (χ1n) is 18.4. The summed E-state index contributed by atoms with van der Waals surface area (Å²) >= 11 is 0. The standard InChI is InChI=1S/2C17H10F3N3.C11H20O2.Ir/c2*18-17(19,20)12-8-9-14-15(10-12)22-23(21-14)16-7-3-5-11-4-1-2-6-13(11)16;1-10(2,3)8(12)7-9(13)11(4,5)6;/h2*1-10H;7,12H,1-6H3;/b;;8-7+;. The number of aromatic nitrogens is 6. The molecule has 313 valence electrons. The average Bonchev–Trinajstić information content (AvgIpc) is 3.80. The maximum absolute atomic E-state index is 12.8. The SMILES string of the molecule is CC(C)(C)C(=O)/C=C(/O)C(C)(C)C.FC(F)(F)c1ccc2nn(-c3cccc4ccccc34)nc2c1.FC(F)(F)c1ccc2nn(-c3cccc4ccccc34)nc2c1.[Ir]. The number of allylic oxidation sites excluding steroid dienone is 2. The van der Waals surface area contributed by atoms with E-state index in [1.54, 1.807) is 0 Å². The summed E-state index contributed by atoms with van der Waals surface area (Å²) in [7, 11) is 0. The molecular weight excluding hydrogens is 963 g/mol. The van der Waals surface area contributed by atoms with Gasteiger partial charge in [-0.1, -0.05) is 114 Å². The molecule has 15 heteroatoms. The van der Waals surface area contributed by atoms with Crippen LogP contribution in [-0.2, 0) is 37.3 Å². The summed E-state index contributed by atoms with van der Waals surface area (Å²) in [6, 6.07) is 33.5. The Morgan fingerprint density at radius 1 is 0.517 bits per heavy atom. The fourth-order valence-electron chi connectivity index (χ4n) is 5.72. The van der Waals surface area contributed by atoms with Crippen LogP contribution >= 0.6 is 0 Å². The predicted octanol–water partition coefficient (Wildman–Crippen LogP) is 12.3. The van der Waals surface area contributed by atoms with Crippen LogP contribution in [0.1, 0.15) is 52.7 Å². The van der Waals surface area contributed by atoms with Crippen molar-refractivity contribution in [1.29, 1.82) is 0 Å². The molecule has 8 rings (SSSR count). The van der Waals surface area contributed by atoms with Gasteiger partial charge in [0, 0.05) is 47.8 Å². The van der Waals surface area contributed by atoms with E-state index >= 15 is 0 Å². The van der Waals surface area contributed by atoms with E-state index in [0.29, 0.717) is 11.0 Å². The Hall–Kier alpha value is -5.92. The van der Waals surface area contributed by atoms with E-state index in [-0.39, 0.29) is 48.1 Å². The Balaban J connectivity index is 0.000000177. The minimum Gasteiger partial charge on any atom is -0.512 e. The largest absolute Gasteiger partial charge is 0.512 e. The van der Waals surface area contributed by atoms with Crippen LogP contribution in [0.25, 0.3) is 55.0 Å². The van der Waals surface area contributed by atoms with E-state index in [1.807, 2.05) is 126 Å². The van der Waals surface area contributed by atoms with Gasteiger partial charge in [0.1, 0.15) is 27.8 Å². The van der Waals surface area contributed by atoms with Crippen LogP contribution in [0, 0.1) is 10.8 Å². The molecule has 2 heterocycles. The van der Waals surface area contributed by atoms with Crippen molar-refractivity contribution in [1.82, 2.24) is 30.0 Å². The third-order valence-corrected chi connectivity index (χ3v) is 9.15. The third kappa shape index (κ3) is 10.4. The Kier molecular flexibility index (Phi) is 13.1. The zero-order valence-electron chi connectivity index (χ0n) is 33.3. The van der Waals surface area contributed by atoms with Crippen LogP contribution in [0.3, 0.4) is 0 Å². The van der Waals surface area contributed by atoms with Gasteiger partial charge in [-0.15, -0.1) is 30.0 Å². The maximum atomic E-state index is 12.8. The van der Waals surface area contributed by atoms with Crippen molar-refractivity contribution in [2.45, 2.75) is 53.9 Å². The fraction of sp³-hybridized carbons (Fsp3) is 0.222. The molecule has 0 amide bonds. The Bertz CT molecular complexity index is 2650. The minimum absolute atomic E-state index is 0. The van der Waals surface area contributed by atoms with Gasteiger partial charge in [0.05, 0.1) is 22.5 Å². The molecule has 8 nitrogen and oxygen atoms in total. The first-order valence-corrected chi connectivity index (χ1v) is 18.4. The molecular formula is C45H40F6IrN6O2. The monoisotopic (exact) mass is 1000 g/mol. The van der Waals surface area contributed by atoms with Crippen LogP contribution in [0.2, 0.25) is 0 Å². The number of rotatable bonds is 3. The fourth-order valence-corrected chi connectivity index (χ4v) is 5.72. The summed E-state index contributed by atoms with van der Waals surface area (Å²) in [5.41, 5.74) is 0.517. The zero-order valence-corrected chi connectivity index (χ0v) is 35.7. The quantitative estimate of drug-likeness (QED) is 0.108. The van der Waals surface area contributed by atoms with E-state index in [4.69, 9.17) is 0 Å². The molecule has 1 radical (unpaired) electrons. The van der Waals surface area contributed by atoms with Gasteiger partial charge in [-0.3, -0.25) is 4.79 Å². The Morgan fingerprint density at radius 2 is 0.883 bits per heavy atom. The van der Waals surface area contributed by atoms with Crippen LogP contribution in [0.5, 0.6) is 0 Å². The minimum atomic E-state index is -4.39. The molecule has 0 aliphatic heterocycles. The number of nitrogens with zero attached hydrogens (tertiary/aromatic N) is 6. The normalized spacial score (nSPS) is 12.4. The maximum Gasteiger partial charge on any atom is 0.416 e. The van der Waals surface area contributed by atoms with Gasteiger partial charge in [0.2, 0.25) is 0 Å². The molecule has 0 saturated carbocycles. The second kappa shape index (κ2) is 17.4. The summed E-state index contributed by atoms with van der Waals surface area (Å²) in [4.78, 5) is 14.2. The first kappa shape index (κ1) is 45.2. The smallest absolute Gasteiger partial charge is 0.416 e. The van der Waals surface area contributed by atoms with Gasteiger partial charge < -0.3 is 5.11 Å². The van der Waals surface area contributed by atoms with Crippen molar-refractivity contribution in [3.05, 3.63) is 144 Å². The van der Waals surface area contributed by atoms with Crippen molar-refractivity contribution in [2.75, 3.05) is 0 Å². The second-order valence-electron chi connectivity index (χ2n) is 15.8. The number of halogens is 6. The second-order valence-corrected chi connectivity index (χ2v) is 15.8. The summed E-state index contributed by atoms with van der Waals surface area (Å²) in [6.07, 6.45) is -7.45. The number of carbonyl (C=O) groups is 1. The molecule has 60 heavy (non-hydrogen) atoms. The predicted molar refractivity (Wildman–Crippen MR) is 217 cm³/mol. The number of fused-ring (bicyclic) bond motifs is 4. The number of aliphatic hydroxyl groups is 1. The van der Waals surface area contributed by atoms with Gasteiger partial charge in [-0.2, -0.15) is 26.3 Å². The number of alkyl halides is 6. The van der Waals surface area contributed by atoms with E-state index in [9.17, 15) is 36.2 Å². The van der Waals surface area contributed by atoms with Crippen molar-refractivity contribution in [2.24, 2.45) is 10.8 Å². The number of benzene rings is 6.